The van der Waals surface area contributed by atoms with Crippen LogP contribution < -0.4 is 0 Å². The molecule has 0 spiro atoms. The summed E-state index contributed by atoms with van der Waals surface area (Å²) in [6.45, 7) is 2.18. The molecule has 4 heteroatoms. The standard InChI is InChI=1S/C19H30O4/c1-2-3-4-5-6-8-11-15-16(18(21)14-17(15)20)12-9-7-10-13-19(22)23/h6-9,15-17,20H,2-5,10-14H2,1H3,(H,22,23)/t15-,16-,17-/m1/s1. The van der Waals surface area contributed by atoms with E-state index in [9.17, 15) is 14.7 Å². The van der Waals surface area contributed by atoms with Crippen LogP contribution in [0, 0.1) is 11.8 Å². The topological polar surface area (TPSA) is 74.6 Å². The molecule has 0 heterocycles. The van der Waals surface area contributed by atoms with Crippen LogP contribution in [0.4, 0.5) is 0 Å². The molecule has 0 unspecified atom stereocenters. The highest BCUT2D eigenvalue weighted by Crippen LogP contribution is 2.34. The number of rotatable bonds is 11. The maximum absolute atomic E-state index is 12.0. The largest absolute Gasteiger partial charge is 0.481 e. The number of aliphatic hydroxyl groups is 1. The van der Waals surface area contributed by atoms with Gasteiger partial charge in [0.1, 0.15) is 5.78 Å². The second-order valence-corrected chi connectivity index (χ2v) is 6.35. The molecule has 0 amide bonds. The van der Waals surface area contributed by atoms with Gasteiger partial charge in [-0.05, 0) is 38.0 Å². The molecule has 0 aromatic heterocycles. The first-order chi connectivity index (χ1) is 11.1. The molecule has 1 rings (SSSR count). The highest BCUT2D eigenvalue weighted by atomic mass is 16.4. The Kier molecular flexibility index (Phi) is 9.53. The zero-order valence-corrected chi connectivity index (χ0v) is 14.1. The molecule has 0 bridgehead atoms. The Balaban J connectivity index is 2.41. The van der Waals surface area contributed by atoms with Crippen LogP contribution in [0.15, 0.2) is 24.3 Å². The van der Waals surface area contributed by atoms with Gasteiger partial charge in [0.05, 0.1) is 6.10 Å². The number of hydrogen-bond donors (Lipinski definition) is 2. The van der Waals surface area contributed by atoms with E-state index in [1.165, 1.54) is 19.3 Å². The van der Waals surface area contributed by atoms with Gasteiger partial charge >= 0.3 is 5.97 Å². The van der Waals surface area contributed by atoms with Gasteiger partial charge in [-0.1, -0.05) is 44.1 Å². The third kappa shape index (κ3) is 7.60. The minimum absolute atomic E-state index is 0.00551. The summed E-state index contributed by atoms with van der Waals surface area (Å²) in [6.07, 6.45) is 14.3. The molecule has 1 aliphatic carbocycles. The van der Waals surface area contributed by atoms with Crippen molar-refractivity contribution < 1.29 is 19.8 Å². The number of unbranched alkanes of at least 4 members (excludes halogenated alkanes) is 3. The minimum Gasteiger partial charge on any atom is -0.481 e. The van der Waals surface area contributed by atoms with E-state index in [1.54, 1.807) is 0 Å². The van der Waals surface area contributed by atoms with E-state index < -0.39 is 12.1 Å². The van der Waals surface area contributed by atoms with Crippen LogP contribution in [0.25, 0.3) is 0 Å². The van der Waals surface area contributed by atoms with Gasteiger partial charge in [-0.3, -0.25) is 9.59 Å². The highest BCUT2D eigenvalue weighted by molar-refractivity contribution is 5.84. The Morgan fingerprint density at radius 2 is 1.83 bits per heavy atom. The summed E-state index contributed by atoms with van der Waals surface area (Å²) in [5.74, 6) is -0.821. The van der Waals surface area contributed by atoms with Crippen LogP contribution in [-0.4, -0.2) is 28.1 Å². The Labute approximate surface area is 139 Å². The summed E-state index contributed by atoms with van der Waals surface area (Å²) in [5.41, 5.74) is 0. The van der Waals surface area contributed by atoms with E-state index >= 15 is 0 Å². The molecule has 2 N–H and O–H groups in total. The molecular weight excluding hydrogens is 292 g/mol. The van der Waals surface area contributed by atoms with E-state index in [0.717, 1.165) is 12.8 Å². The van der Waals surface area contributed by atoms with Crippen LogP contribution in [0.3, 0.4) is 0 Å². The van der Waals surface area contributed by atoms with Gasteiger partial charge in [-0.2, -0.15) is 0 Å². The number of hydrogen-bond acceptors (Lipinski definition) is 3. The number of Topliss-reactive ketones (excluding diaryl/α,β-unsaturated/α-hetero) is 1. The zero-order valence-electron chi connectivity index (χ0n) is 14.1. The van der Waals surface area contributed by atoms with Crippen molar-refractivity contribution in [3.63, 3.8) is 0 Å². The van der Waals surface area contributed by atoms with Crippen molar-refractivity contribution in [2.24, 2.45) is 11.8 Å². The predicted molar refractivity (Wildman–Crippen MR) is 91.1 cm³/mol. The number of carbonyl (C=O) groups excluding carboxylic acids is 1. The molecule has 0 radical (unpaired) electrons. The molecule has 0 saturated heterocycles. The number of aliphatic carboxylic acids is 1. The fourth-order valence-electron chi connectivity index (χ4n) is 3.09. The summed E-state index contributed by atoms with van der Waals surface area (Å²) >= 11 is 0. The quantitative estimate of drug-likeness (QED) is 0.447. The average Bonchev–Trinajstić information content (AvgIpc) is 2.76. The number of ketones is 1. The first-order valence-electron chi connectivity index (χ1n) is 8.78. The molecule has 1 fully saturated rings. The molecular formula is C19H30O4. The number of carboxylic acids is 1. The molecule has 0 aromatic carbocycles. The lowest BCUT2D eigenvalue weighted by atomic mass is 9.88. The van der Waals surface area contributed by atoms with Crippen molar-refractivity contribution in [2.45, 2.75) is 70.8 Å². The third-order valence-electron chi connectivity index (χ3n) is 4.47. The molecule has 130 valence electrons. The van der Waals surface area contributed by atoms with E-state index in [-0.39, 0.29) is 30.5 Å². The van der Waals surface area contributed by atoms with Gasteiger partial charge in [-0.25, -0.2) is 0 Å². The zero-order chi connectivity index (χ0) is 17.1. The Bertz CT molecular complexity index is 425. The molecule has 0 aliphatic heterocycles. The monoisotopic (exact) mass is 322 g/mol. The van der Waals surface area contributed by atoms with E-state index in [2.05, 4.69) is 19.1 Å². The molecule has 0 aromatic rings. The van der Waals surface area contributed by atoms with Gasteiger partial charge < -0.3 is 10.2 Å². The van der Waals surface area contributed by atoms with Crippen LogP contribution >= 0.6 is 0 Å². The Hall–Kier alpha value is -1.42. The summed E-state index contributed by atoms with van der Waals surface area (Å²) in [5, 5.41) is 18.7. The van der Waals surface area contributed by atoms with Crippen LogP contribution in [0.1, 0.15) is 64.7 Å². The van der Waals surface area contributed by atoms with E-state index in [4.69, 9.17) is 5.11 Å². The summed E-state index contributed by atoms with van der Waals surface area (Å²) in [6, 6.07) is 0. The fraction of sp³-hybridized carbons (Fsp3) is 0.684. The van der Waals surface area contributed by atoms with Crippen molar-refractivity contribution in [1.82, 2.24) is 0 Å². The first kappa shape index (κ1) is 19.6. The predicted octanol–water partition coefficient (Wildman–Crippen LogP) is 3.89. The van der Waals surface area contributed by atoms with Gasteiger partial charge in [0.15, 0.2) is 0 Å². The Morgan fingerprint density at radius 3 is 2.52 bits per heavy atom. The second kappa shape index (κ2) is 11.2. The minimum atomic E-state index is -0.812. The van der Waals surface area contributed by atoms with Crippen molar-refractivity contribution in [3.8, 4) is 0 Å². The second-order valence-electron chi connectivity index (χ2n) is 6.35. The molecule has 1 aliphatic rings. The van der Waals surface area contributed by atoms with Crippen molar-refractivity contribution in [1.29, 1.82) is 0 Å². The molecule has 3 atom stereocenters. The average molecular weight is 322 g/mol. The lowest BCUT2D eigenvalue weighted by Gasteiger charge is -2.18. The number of aliphatic hydroxyl groups excluding tert-OH is 1. The maximum atomic E-state index is 12.0. The fourth-order valence-corrected chi connectivity index (χ4v) is 3.09. The summed E-state index contributed by atoms with van der Waals surface area (Å²) in [4.78, 5) is 22.5. The highest BCUT2D eigenvalue weighted by Gasteiger charge is 2.39. The molecule has 23 heavy (non-hydrogen) atoms. The lowest BCUT2D eigenvalue weighted by molar-refractivity contribution is -0.136. The molecule has 1 saturated carbocycles. The summed E-state index contributed by atoms with van der Waals surface area (Å²) < 4.78 is 0. The molecule has 4 nitrogen and oxygen atoms in total. The third-order valence-corrected chi connectivity index (χ3v) is 4.47. The van der Waals surface area contributed by atoms with Crippen molar-refractivity contribution >= 4 is 11.8 Å². The smallest absolute Gasteiger partial charge is 0.303 e. The summed E-state index contributed by atoms with van der Waals surface area (Å²) in [7, 11) is 0. The van der Waals surface area contributed by atoms with Crippen molar-refractivity contribution in [2.75, 3.05) is 0 Å². The number of carboxylic acid groups (broad SMARTS) is 1. The lowest BCUT2D eigenvalue weighted by Crippen LogP contribution is -2.19. The van der Waals surface area contributed by atoms with Gasteiger partial charge in [0.25, 0.3) is 0 Å². The van der Waals surface area contributed by atoms with Crippen LogP contribution in [0.2, 0.25) is 0 Å². The van der Waals surface area contributed by atoms with Crippen molar-refractivity contribution in [3.05, 3.63) is 24.3 Å². The van der Waals surface area contributed by atoms with E-state index in [1.807, 2.05) is 12.2 Å². The van der Waals surface area contributed by atoms with Gasteiger partial charge in [-0.15, -0.1) is 0 Å². The van der Waals surface area contributed by atoms with E-state index in [0.29, 0.717) is 12.8 Å². The van der Waals surface area contributed by atoms with Crippen LogP contribution in [-0.2, 0) is 9.59 Å². The Morgan fingerprint density at radius 1 is 1.13 bits per heavy atom. The SMILES string of the molecule is CCCCCC=CC[C@H]1[C@H](O)CC(=O)[C@@H]1CC=CCCC(=O)O. The normalized spacial score (nSPS) is 25.0. The van der Waals surface area contributed by atoms with Gasteiger partial charge in [0.2, 0.25) is 0 Å². The number of allylic oxidation sites excluding steroid dienone is 4. The van der Waals surface area contributed by atoms with Crippen LogP contribution in [0.5, 0.6) is 0 Å². The first-order valence-corrected chi connectivity index (χ1v) is 8.78. The maximum Gasteiger partial charge on any atom is 0.303 e. The number of carbonyl (C=O) groups is 2. The van der Waals surface area contributed by atoms with Gasteiger partial charge in [0, 0.05) is 18.8 Å².